The summed E-state index contributed by atoms with van der Waals surface area (Å²) in [6.45, 7) is 3.74. The van der Waals surface area contributed by atoms with E-state index in [1.54, 1.807) is 6.33 Å². The second-order valence-corrected chi connectivity index (χ2v) is 7.79. The smallest absolute Gasteiger partial charge is 0.226 e. The number of allylic oxidation sites excluding steroid dienone is 2. The Labute approximate surface area is 161 Å². The third-order valence-corrected chi connectivity index (χ3v) is 5.84. The molecule has 2 atom stereocenters. The Morgan fingerprint density at radius 2 is 2.00 bits per heavy atom. The highest BCUT2D eigenvalue weighted by Gasteiger charge is 2.31. The van der Waals surface area contributed by atoms with E-state index in [4.69, 9.17) is 0 Å². The second kappa shape index (κ2) is 8.03. The number of likely N-dealkylation sites (tertiary alicyclic amines) is 1. The van der Waals surface area contributed by atoms with Gasteiger partial charge in [-0.3, -0.25) is 4.79 Å². The number of hydrogen-bond acceptors (Lipinski definition) is 3. The molecule has 4 nitrogen and oxygen atoms in total. The first kappa shape index (κ1) is 17.9. The number of carbonyl (C=O) groups is 1. The minimum absolute atomic E-state index is 0.163. The number of nitrogens with zero attached hydrogens (tertiary/aromatic N) is 3. The van der Waals surface area contributed by atoms with Crippen LogP contribution >= 0.6 is 0 Å². The predicted molar refractivity (Wildman–Crippen MR) is 107 cm³/mol. The van der Waals surface area contributed by atoms with Gasteiger partial charge in [0.1, 0.15) is 6.33 Å². The van der Waals surface area contributed by atoms with E-state index in [9.17, 15) is 4.79 Å². The van der Waals surface area contributed by atoms with Crippen molar-refractivity contribution in [3.05, 3.63) is 60.2 Å². The summed E-state index contributed by atoms with van der Waals surface area (Å²) < 4.78 is 0. The van der Waals surface area contributed by atoms with E-state index in [2.05, 4.69) is 58.2 Å². The van der Waals surface area contributed by atoms with Crippen LogP contribution in [0.1, 0.15) is 49.3 Å². The highest BCUT2D eigenvalue weighted by molar-refractivity contribution is 5.79. The summed E-state index contributed by atoms with van der Waals surface area (Å²) in [7, 11) is 0. The Bertz CT molecular complexity index is 828. The molecular formula is C23H27N3O. The maximum Gasteiger partial charge on any atom is 0.226 e. The summed E-state index contributed by atoms with van der Waals surface area (Å²) in [6.07, 6.45) is 12.9. The van der Waals surface area contributed by atoms with Crippen LogP contribution in [0.4, 0.5) is 0 Å². The number of piperidine rings is 1. The summed E-state index contributed by atoms with van der Waals surface area (Å²) in [5.41, 5.74) is 4.57. The topological polar surface area (TPSA) is 46.1 Å². The molecular weight excluding hydrogens is 334 g/mol. The molecule has 1 aliphatic carbocycles. The van der Waals surface area contributed by atoms with E-state index in [1.165, 1.54) is 5.56 Å². The monoisotopic (exact) mass is 361 g/mol. The molecule has 0 N–H and O–H groups in total. The molecule has 1 amide bonds. The van der Waals surface area contributed by atoms with Crippen LogP contribution in [0.15, 0.2) is 48.9 Å². The summed E-state index contributed by atoms with van der Waals surface area (Å²) >= 11 is 0. The van der Waals surface area contributed by atoms with E-state index < -0.39 is 0 Å². The lowest BCUT2D eigenvalue weighted by molar-refractivity contribution is -0.137. The van der Waals surface area contributed by atoms with Crippen LogP contribution in [0, 0.1) is 12.8 Å². The lowest BCUT2D eigenvalue weighted by Crippen LogP contribution is -2.42. The molecule has 1 aliphatic heterocycles. The lowest BCUT2D eigenvalue weighted by atomic mass is 9.88. The number of amides is 1. The summed E-state index contributed by atoms with van der Waals surface area (Å²) in [5, 5.41) is 0. The van der Waals surface area contributed by atoms with Crippen LogP contribution in [0.5, 0.6) is 0 Å². The van der Waals surface area contributed by atoms with E-state index in [1.807, 2.05) is 6.20 Å². The molecule has 2 heterocycles. The zero-order valence-corrected chi connectivity index (χ0v) is 16.0. The maximum atomic E-state index is 13.0. The van der Waals surface area contributed by atoms with Crippen molar-refractivity contribution in [2.75, 3.05) is 13.1 Å². The van der Waals surface area contributed by atoms with Gasteiger partial charge < -0.3 is 4.90 Å². The minimum Gasteiger partial charge on any atom is -0.342 e. The van der Waals surface area contributed by atoms with E-state index in [0.717, 1.165) is 62.0 Å². The van der Waals surface area contributed by atoms with E-state index in [-0.39, 0.29) is 11.8 Å². The second-order valence-electron chi connectivity index (χ2n) is 7.79. The Hall–Kier alpha value is -2.49. The molecule has 2 unspecified atom stereocenters. The van der Waals surface area contributed by atoms with Crippen molar-refractivity contribution < 1.29 is 4.79 Å². The standard InChI is InChI=1S/C23H27N3O/c1-17-9-11-18(12-10-17)21-14-24-16-25-22(21)20-8-5-13-26(15-20)23(27)19-6-3-2-4-7-19/h2-3,9-12,14,16,19-20H,4-8,13,15H2,1H3. The molecule has 0 radical (unpaired) electrons. The minimum atomic E-state index is 0.163. The lowest BCUT2D eigenvalue weighted by Gasteiger charge is -2.35. The first-order valence-corrected chi connectivity index (χ1v) is 10.0. The zero-order chi connectivity index (χ0) is 18.6. The van der Waals surface area contributed by atoms with Crippen LogP contribution < -0.4 is 0 Å². The fourth-order valence-electron chi connectivity index (χ4n) is 4.30. The number of carbonyl (C=O) groups excluding carboxylic acids is 1. The van der Waals surface area contributed by atoms with Crippen LogP contribution in [-0.2, 0) is 4.79 Å². The molecule has 2 aliphatic rings. The number of aromatic nitrogens is 2. The Morgan fingerprint density at radius 1 is 1.15 bits per heavy atom. The van der Waals surface area contributed by atoms with Crippen molar-refractivity contribution in [1.29, 1.82) is 0 Å². The Kier molecular flexibility index (Phi) is 5.33. The summed E-state index contributed by atoms with van der Waals surface area (Å²) in [6, 6.07) is 8.52. The third-order valence-electron chi connectivity index (χ3n) is 5.84. The van der Waals surface area contributed by atoms with Gasteiger partial charge in [0.25, 0.3) is 0 Å². The molecule has 1 saturated heterocycles. The van der Waals surface area contributed by atoms with Crippen LogP contribution in [0.25, 0.3) is 11.1 Å². The van der Waals surface area contributed by atoms with Crippen LogP contribution in [0.3, 0.4) is 0 Å². The highest BCUT2D eigenvalue weighted by atomic mass is 16.2. The van der Waals surface area contributed by atoms with Gasteiger partial charge in [-0.15, -0.1) is 0 Å². The molecule has 2 aromatic rings. The summed E-state index contributed by atoms with van der Waals surface area (Å²) in [4.78, 5) is 24.0. The molecule has 0 saturated carbocycles. The van der Waals surface area contributed by atoms with Crippen molar-refractivity contribution in [2.45, 2.75) is 44.9 Å². The molecule has 27 heavy (non-hydrogen) atoms. The normalized spacial score (nSPS) is 22.6. The van der Waals surface area contributed by atoms with Crippen molar-refractivity contribution >= 4 is 5.91 Å². The Balaban J connectivity index is 1.56. The Morgan fingerprint density at radius 3 is 2.78 bits per heavy atom. The highest BCUT2D eigenvalue weighted by Crippen LogP contribution is 2.33. The number of benzene rings is 1. The molecule has 140 valence electrons. The average Bonchev–Trinajstić information content (AvgIpc) is 2.74. The number of hydrogen-bond donors (Lipinski definition) is 0. The van der Waals surface area contributed by atoms with Crippen molar-refractivity contribution in [3.8, 4) is 11.1 Å². The number of aryl methyl sites for hydroxylation is 1. The van der Waals surface area contributed by atoms with Crippen molar-refractivity contribution in [3.63, 3.8) is 0 Å². The average molecular weight is 361 g/mol. The van der Waals surface area contributed by atoms with E-state index >= 15 is 0 Å². The van der Waals surface area contributed by atoms with Gasteiger partial charge >= 0.3 is 0 Å². The largest absolute Gasteiger partial charge is 0.342 e. The quantitative estimate of drug-likeness (QED) is 0.756. The fraction of sp³-hybridized carbons (Fsp3) is 0.435. The van der Waals surface area contributed by atoms with Crippen molar-refractivity contribution in [1.82, 2.24) is 14.9 Å². The molecule has 4 heteroatoms. The maximum absolute atomic E-state index is 13.0. The van der Waals surface area contributed by atoms with Gasteiger partial charge in [0.15, 0.2) is 0 Å². The molecule has 1 aromatic heterocycles. The summed E-state index contributed by atoms with van der Waals surface area (Å²) in [5.74, 6) is 0.770. The molecule has 1 aromatic carbocycles. The van der Waals surface area contributed by atoms with Gasteiger partial charge in [0, 0.05) is 36.7 Å². The van der Waals surface area contributed by atoms with Gasteiger partial charge in [0.2, 0.25) is 5.91 Å². The van der Waals surface area contributed by atoms with E-state index in [0.29, 0.717) is 5.91 Å². The van der Waals surface area contributed by atoms with Crippen LogP contribution in [0.2, 0.25) is 0 Å². The van der Waals surface area contributed by atoms with Gasteiger partial charge in [-0.1, -0.05) is 42.0 Å². The first-order chi connectivity index (χ1) is 13.2. The van der Waals surface area contributed by atoms with Crippen LogP contribution in [-0.4, -0.2) is 33.9 Å². The zero-order valence-electron chi connectivity index (χ0n) is 16.0. The van der Waals surface area contributed by atoms with Gasteiger partial charge in [-0.25, -0.2) is 9.97 Å². The SMILES string of the molecule is Cc1ccc(-c2cncnc2C2CCCN(C(=O)C3CC=CCC3)C2)cc1. The third kappa shape index (κ3) is 3.95. The molecule has 4 rings (SSSR count). The predicted octanol–water partition coefficient (Wildman–Crippen LogP) is 4.51. The molecule has 0 bridgehead atoms. The molecule has 0 spiro atoms. The first-order valence-electron chi connectivity index (χ1n) is 10.0. The number of rotatable bonds is 3. The fourth-order valence-corrected chi connectivity index (χ4v) is 4.30. The van der Waals surface area contributed by atoms with Gasteiger partial charge in [-0.05, 0) is 44.6 Å². The van der Waals surface area contributed by atoms with Gasteiger partial charge in [-0.2, -0.15) is 0 Å². The molecule has 1 fully saturated rings. The van der Waals surface area contributed by atoms with Gasteiger partial charge in [0.05, 0.1) is 5.69 Å². The van der Waals surface area contributed by atoms with Crippen molar-refractivity contribution in [2.24, 2.45) is 5.92 Å².